The minimum Gasteiger partial charge on any atom is -0.381 e. The fourth-order valence-corrected chi connectivity index (χ4v) is 1.13. The highest BCUT2D eigenvalue weighted by atomic mass is 16.5. The maximum atomic E-state index is 5.29. The van der Waals surface area contributed by atoms with E-state index in [0.717, 1.165) is 19.6 Å². The zero-order chi connectivity index (χ0) is 6.69. The van der Waals surface area contributed by atoms with Gasteiger partial charge in [0.05, 0.1) is 6.61 Å². The standard InChI is InChI=1S/C6H14N2O/c1-5-4-9-3-2-6(5)8-7/h5-6,8H,2-4,7H2,1H3/t5-,6+/m1/s1. The summed E-state index contributed by atoms with van der Waals surface area (Å²) in [6.07, 6.45) is 1.04. The van der Waals surface area contributed by atoms with Gasteiger partial charge < -0.3 is 4.74 Å². The van der Waals surface area contributed by atoms with Crippen molar-refractivity contribution in [2.45, 2.75) is 19.4 Å². The molecule has 1 aliphatic rings. The van der Waals surface area contributed by atoms with Gasteiger partial charge in [-0.15, -0.1) is 0 Å². The van der Waals surface area contributed by atoms with Crippen LogP contribution in [0.5, 0.6) is 0 Å². The van der Waals surface area contributed by atoms with Gasteiger partial charge in [0.2, 0.25) is 0 Å². The molecule has 3 heteroatoms. The van der Waals surface area contributed by atoms with Gasteiger partial charge in [0.15, 0.2) is 0 Å². The molecule has 0 unspecified atom stereocenters. The van der Waals surface area contributed by atoms with Gasteiger partial charge in [-0.3, -0.25) is 11.3 Å². The lowest BCUT2D eigenvalue weighted by Gasteiger charge is -2.27. The Hall–Kier alpha value is -0.120. The van der Waals surface area contributed by atoms with Crippen LogP contribution in [0.2, 0.25) is 0 Å². The van der Waals surface area contributed by atoms with Gasteiger partial charge in [0.25, 0.3) is 0 Å². The summed E-state index contributed by atoms with van der Waals surface area (Å²) in [4.78, 5) is 0. The lowest BCUT2D eigenvalue weighted by atomic mass is 9.99. The van der Waals surface area contributed by atoms with Crippen molar-refractivity contribution in [1.29, 1.82) is 0 Å². The van der Waals surface area contributed by atoms with Crippen molar-refractivity contribution in [3.05, 3.63) is 0 Å². The molecule has 0 radical (unpaired) electrons. The van der Waals surface area contributed by atoms with Crippen LogP contribution >= 0.6 is 0 Å². The maximum Gasteiger partial charge on any atom is 0.0507 e. The van der Waals surface area contributed by atoms with Crippen LogP contribution in [-0.2, 0) is 4.74 Å². The Balaban J connectivity index is 2.30. The molecule has 9 heavy (non-hydrogen) atoms. The number of rotatable bonds is 1. The molecule has 1 aliphatic heterocycles. The average molecular weight is 130 g/mol. The van der Waals surface area contributed by atoms with Crippen LogP contribution in [0, 0.1) is 5.92 Å². The molecule has 2 atom stereocenters. The van der Waals surface area contributed by atoms with Crippen LogP contribution in [0.4, 0.5) is 0 Å². The van der Waals surface area contributed by atoms with E-state index in [-0.39, 0.29) is 0 Å². The van der Waals surface area contributed by atoms with Gasteiger partial charge in [-0.25, -0.2) is 0 Å². The van der Waals surface area contributed by atoms with Crippen molar-refractivity contribution < 1.29 is 4.74 Å². The Kier molecular flexibility index (Phi) is 2.45. The number of hydrogen-bond acceptors (Lipinski definition) is 3. The SMILES string of the molecule is C[C@@H]1COCC[C@@H]1NN. The van der Waals surface area contributed by atoms with Crippen molar-refractivity contribution in [1.82, 2.24) is 5.43 Å². The Morgan fingerprint density at radius 2 is 2.44 bits per heavy atom. The first-order valence-electron chi connectivity index (χ1n) is 3.38. The molecule has 0 aromatic carbocycles. The lowest BCUT2D eigenvalue weighted by molar-refractivity contribution is 0.0392. The molecule has 0 aliphatic carbocycles. The summed E-state index contributed by atoms with van der Waals surface area (Å²) in [7, 11) is 0. The summed E-state index contributed by atoms with van der Waals surface area (Å²) in [5, 5.41) is 0. The second-order valence-corrected chi connectivity index (χ2v) is 2.61. The van der Waals surface area contributed by atoms with Crippen molar-refractivity contribution in [2.75, 3.05) is 13.2 Å². The fourth-order valence-electron chi connectivity index (χ4n) is 1.13. The van der Waals surface area contributed by atoms with Crippen molar-refractivity contribution in [3.8, 4) is 0 Å². The topological polar surface area (TPSA) is 47.3 Å². The quantitative estimate of drug-likeness (QED) is 0.384. The third kappa shape index (κ3) is 1.64. The van der Waals surface area contributed by atoms with Crippen LogP contribution in [-0.4, -0.2) is 19.3 Å². The highest BCUT2D eigenvalue weighted by Gasteiger charge is 2.19. The predicted octanol–water partition coefficient (Wildman–Crippen LogP) is -0.125. The number of hydrazine groups is 1. The van der Waals surface area contributed by atoms with E-state index in [1.54, 1.807) is 0 Å². The lowest BCUT2D eigenvalue weighted by Crippen LogP contribution is -2.44. The molecule has 0 aromatic heterocycles. The summed E-state index contributed by atoms with van der Waals surface area (Å²) in [5.41, 5.74) is 2.77. The Morgan fingerprint density at radius 1 is 1.67 bits per heavy atom. The molecule has 0 amide bonds. The zero-order valence-electron chi connectivity index (χ0n) is 5.76. The van der Waals surface area contributed by atoms with Crippen molar-refractivity contribution in [3.63, 3.8) is 0 Å². The predicted molar refractivity (Wildman–Crippen MR) is 35.7 cm³/mol. The molecule has 3 nitrogen and oxygen atoms in total. The minimum absolute atomic E-state index is 0.457. The van der Waals surface area contributed by atoms with Crippen molar-refractivity contribution in [2.24, 2.45) is 11.8 Å². The molecule has 1 saturated heterocycles. The first kappa shape index (κ1) is 6.99. The Bertz CT molecular complexity index is 87.1. The number of nitrogens with one attached hydrogen (secondary N) is 1. The smallest absolute Gasteiger partial charge is 0.0507 e. The van der Waals surface area contributed by atoms with Gasteiger partial charge in [-0.2, -0.15) is 0 Å². The van der Waals surface area contributed by atoms with E-state index in [9.17, 15) is 0 Å². The van der Waals surface area contributed by atoms with Gasteiger partial charge >= 0.3 is 0 Å². The monoisotopic (exact) mass is 130 g/mol. The van der Waals surface area contributed by atoms with E-state index >= 15 is 0 Å². The first-order chi connectivity index (χ1) is 4.34. The van der Waals surface area contributed by atoms with Crippen LogP contribution in [0.1, 0.15) is 13.3 Å². The van der Waals surface area contributed by atoms with Crippen LogP contribution < -0.4 is 11.3 Å². The average Bonchev–Trinajstić information content (AvgIpc) is 1.89. The summed E-state index contributed by atoms with van der Waals surface area (Å²) in [6.45, 7) is 3.83. The normalized spacial score (nSPS) is 36.7. The fraction of sp³-hybridized carbons (Fsp3) is 1.00. The third-order valence-electron chi connectivity index (χ3n) is 1.85. The molecule has 0 spiro atoms. The highest BCUT2D eigenvalue weighted by molar-refractivity contribution is 4.73. The van der Waals surface area contributed by atoms with Gasteiger partial charge in [-0.05, 0) is 12.3 Å². The van der Waals surface area contributed by atoms with E-state index < -0.39 is 0 Å². The molecular weight excluding hydrogens is 116 g/mol. The molecule has 54 valence electrons. The third-order valence-corrected chi connectivity index (χ3v) is 1.85. The minimum atomic E-state index is 0.457. The Labute approximate surface area is 55.5 Å². The molecule has 0 aromatic rings. The molecular formula is C6H14N2O. The summed E-state index contributed by atoms with van der Waals surface area (Å²) in [5.74, 6) is 5.85. The first-order valence-corrected chi connectivity index (χ1v) is 3.38. The van der Waals surface area contributed by atoms with E-state index in [4.69, 9.17) is 10.6 Å². The second-order valence-electron chi connectivity index (χ2n) is 2.61. The summed E-state index contributed by atoms with van der Waals surface area (Å²) >= 11 is 0. The largest absolute Gasteiger partial charge is 0.381 e. The highest BCUT2D eigenvalue weighted by Crippen LogP contribution is 2.12. The molecule has 0 bridgehead atoms. The Morgan fingerprint density at radius 3 is 2.89 bits per heavy atom. The summed E-state index contributed by atoms with van der Waals surface area (Å²) < 4.78 is 5.22. The van der Waals surface area contributed by atoms with E-state index in [0.29, 0.717) is 12.0 Å². The van der Waals surface area contributed by atoms with E-state index in [2.05, 4.69) is 12.3 Å². The van der Waals surface area contributed by atoms with E-state index in [1.807, 2.05) is 0 Å². The number of nitrogens with two attached hydrogens (primary N) is 1. The molecule has 0 saturated carbocycles. The number of ether oxygens (including phenoxy) is 1. The zero-order valence-corrected chi connectivity index (χ0v) is 5.76. The molecule has 1 rings (SSSR count). The molecule has 3 N–H and O–H groups in total. The second kappa shape index (κ2) is 3.15. The molecule has 1 heterocycles. The summed E-state index contributed by atoms with van der Waals surface area (Å²) in [6, 6.07) is 0.457. The van der Waals surface area contributed by atoms with Gasteiger partial charge in [-0.1, -0.05) is 6.92 Å². The van der Waals surface area contributed by atoms with Gasteiger partial charge in [0, 0.05) is 12.6 Å². The van der Waals surface area contributed by atoms with Crippen LogP contribution in [0.3, 0.4) is 0 Å². The van der Waals surface area contributed by atoms with E-state index in [1.165, 1.54) is 0 Å². The van der Waals surface area contributed by atoms with Crippen LogP contribution in [0.15, 0.2) is 0 Å². The van der Waals surface area contributed by atoms with Crippen LogP contribution in [0.25, 0.3) is 0 Å². The van der Waals surface area contributed by atoms with Gasteiger partial charge in [0.1, 0.15) is 0 Å². The molecule has 1 fully saturated rings. The van der Waals surface area contributed by atoms with Crippen molar-refractivity contribution >= 4 is 0 Å². The maximum absolute atomic E-state index is 5.29. The number of hydrogen-bond donors (Lipinski definition) is 2.